The van der Waals surface area contributed by atoms with E-state index >= 15 is 0 Å². The summed E-state index contributed by atoms with van der Waals surface area (Å²) in [6, 6.07) is 13.3. The molecule has 0 aliphatic carbocycles. The van der Waals surface area contributed by atoms with Crippen molar-refractivity contribution in [3.05, 3.63) is 65.2 Å². The third-order valence-corrected chi connectivity index (χ3v) is 5.43. The lowest BCUT2D eigenvalue weighted by Crippen LogP contribution is -2.48. The van der Waals surface area contributed by atoms with Crippen molar-refractivity contribution in [2.24, 2.45) is 0 Å². The van der Waals surface area contributed by atoms with E-state index in [0.717, 1.165) is 54.9 Å². The number of piperidine rings is 1. The molecular weight excluding hydrogens is 393 g/mol. The van der Waals surface area contributed by atoms with Gasteiger partial charge in [-0.15, -0.1) is 0 Å². The van der Waals surface area contributed by atoms with Crippen molar-refractivity contribution in [1.82, 2.24) is 4.90 Å². The highest BCUT2D eigenvalue weighted by Gasteiger charge is 2.31. The van der Waals surface area contributed by atoms with Gasteiger partial charge in [0.1, 0.15) is 6.61 Å². The number of carbonyl (C=O) groups is 1. The second kappa shape index (κ2) is 9.62. The first-order chi connectivity index (χ1) is 14.3. The fraction of sp³-hybridized carbons (Fsp3) is 0.435. The third-order valence-electron chi connectivity index (χ3n) is 5.43. The second-order valence-electron chi connectivity index (χ2n) is 7.74. The predicted molar refractivity (Wildman–Crippen MR) is 110 cm³/mol. The van der Waals surface area contributed by atoms with E-state index < -0.39 is 11.7 Å². The summed E-state index contributed by atoms with van der Waals surface area (Å²) in [5, 5.41) is 0. The van der Waals surface area contributed by atoms with Crippen molar-refractivity contribution in [2.75, 3.05) is 31.7 Å². The van der Waals surface area contributed by atoms with E-state index in [2.05, 4.69) is 4.90 Å². The molecule has 1 heterocycles. The summed E-state index contributed by atoms with van der Waals surface area (Å²) in [5.74, 6) is -0.0655. The average Bonchev–Trinajstić information content (AvgIpc) is 2.70. The van der Waals surface area contributed by atoms with E-state index in [0.29, 0.717) is 6.54 Å². The summed E-state index contributed by atoms with van der Waals surface area (Å²) < 4.78 is 43.3. The molecular formula is C23H27F3N2O2. The Labute approximate surface area is 175 Å². The molecule has 4 nitrogen and oxygen atoms in total. The Bertz CT molecular complexity index is 844. The van der Waals surface area contributed by atoms with E-state index in [-0.39, 0.29) is 18.6 Å². The molecule has 1 aliphatic heterocycles. The van der Waals surface area contributed by atoms with Crippen molar-refractivity contribution in [3.8, 4) is 0 Å². The van der Waals surface area contributed by atoms with Crippen molar-refractivity contribution < 1.29 is 22.7 Å². The molecule has 7 heteroatoms. The molecule has 0 spiro atoms. The average molecular weight is 420 g/mol. The van der Waals surface area contributed by atoms with Crippen LogP contribution in [0.25, 0.3) is 0 Å². The van der Waals surface area contributed by atoms with Gasteiger partial charge in [0.05, 0.1) is 5.56 Å². The molecule has 30 heavy (non-hydrogen) atoms. The number of likely N-dealkylation sites (tertiary alicyclic amines) is 1. The van der Waals surface area contributed by atoms with Crippen molar-refractivity contribution >= 4 is 11.6 Å². The number of hydrogen-bond donors (Lipinski definition) is 0. The standard InChI is InChI=1S/C23H27F3N2O2/c1-17-4-3-5-21(14-17)28(22(29)16-30-2)20-10-12-27(13-11-20)15-18-6-8-19(9-7-18)23(24,25)26/h3-9,14,20H,10-13,15-16H2,1-2H3. The molecule has 0 N–H and O–H groups in total. The van der Waals surface area contributed by atoms with Crippen LogP contribution in [0.5, 0.6) is 0 Å². The first kappa shape index (κ1) is 22.3. The molecule has 2 aromatic rings. The Balaban J connectivity index is 1.64. The number of halogens is 3. The lowest BCUT2D eigenvalue weighted by Gasteiger charge is -2.38. The molecule has 0 bridgehead atoms. The van der Waals surface area contributed by atoms with Crippen LogP contribution in [-0.4, -0.2) is 43.7 Å². The van der Waals surface area contributed by atoms with Gasteiger partial charge in [-0.3, -0.25) is 9.69 Å². The minimum Gasteiger partial charge on any atom is -0.375 e. The Morgan fingerprint density at radius 1 is 1.13 bits per heavy atom. The maximum absolute atomic E-state index is 12.7. The van der Waals surface area contributed by atoms with Gasteiger partial charge in [-0.1, -0.05) is 24.3 Å². The van der Waals surface area contributed by atoms with Crippen LogP contribution in [0.4, 0.5) is 18.9 Å². The lowest BCUT2D eigenvalue weighted by molar-refractivity contribution is -0.137. The quantitative estimate of drug-likeness (QED) is 0.682. The Hall–Kier alpha value is -2.38. The van der Waals surface area contributed by atoms with Crippen molar-refractivity contribution in [3.63, 3.8) is 0 Å². The Morgan fingerprint density at radius 3 is 2.37 bits per heavy atom. The number of ether oxygens (including phenoxy) is 1. The molecule has 1 amide bonds. The number of aryl methyl sites for hydroxylation is 1. The van der Waals surface area contributed by atoms with Crippen LogP contribution in [-0.2, 0) is 22.3 Å². The minimum atomic E-state index is -4.31. The number of rotatable bonds is 6. The number of alkyl halides is 3. The maximum Gasteiger partial charge on any atom is 0.416 e. The molecule has 0 radical (unpaired) electrons. The van der Waals surface area contributed by atoms with Crippen LogP contribution in [0.3, 0.4) is 0 Å². The second-order valence-corrected chi connectivity index (χ2v) is 7.74. The molecule has 162 valence electrons. The van der Waals surface area contributed by atoms with Crippen LogP contribution >= 0.6 is 0 Å². The zero-order valence-corrected chi connectivity index (χ0v) is 17.3. The fourth-order valence-corrected chi connectivity index (χ4v) is 3.92. The smallest absolute Gasteiger partial charge is 0.375 e. The number of anilines is 1. The fourth-order valence-electron chi connectivity index (χ4n) is 3.92. The van der Waals surface area contributed by atoms with Gasteiger partial charge in [0.2, 0.25) is 0 Å². The SMILES string of the molecule is COCC(=O)N(c1cccc(C)c1)C1CCN(Cc2ccc(C(F)(F)F)cc2)CC1. The molecule has 0 atom stereocenters. The molecule has 0 aromatic heterocycles. The summed E-state index contributed by atoms with van der Waals surface area (Å²) in [7, 11) is 1.51. The van der Waals surface area contributed by atoms with Gasteiger partial charge < -0.3 is 9.64 Å². The molecule has 1 saturated heterocycles. The van der Waals surface area contributed by atoms with Gasteiger partial charge in [-0.2, -0.15) is 13.2 Å². The van der Waals surface area contributed by atoms with Crippen LogP contribution in [0, 0.1) is 6.92 Å². The van der Waals surface area contributed by atoms with Gasteiger partial charge >= 0.3 is 6.18 Å². The highest BCUT2D eigenvalue weighted by Crippen LogP contribution is 2.30. The maximum atomic E-state index is 12.7. The molecule has 0 saturated carbocycles. The number of carbonyl (C=O) groups excluding carboxylic acids is 1. The van der Waals surface area contributed by atoms with Crippen LogP contribution in [0.1, 0.15) is 29.5 Å². The van der Waals surface area contributed by atoms with Crippen LogP contribution < -0.4 is 4.90 Å². The van der Waals surface area contributed by atoms with E-state index in [1.807, 2.05) is 36.1 Å². The summed E-state index contributed by atoms with van der Waals surface area (Å²) in [5.41, 5.74) is 2.18. The van der Waals surface area contributed by atoms with Gasteiger partial charge in [0.15, 0.2) is 0 Å². The number of hydrogen-bond acceptors (Lipinski definition) is 3. The van der Waals surface area contributed by atoms with E-state index in [9.17, 15) is 18.0 Å². The van der Waals surface area contributed by atoms with Crippen LogP contribution in [0.15, 0.2) is 48.5 Å². The van der Waals surface area contributed by atoms with E-state index in [1.54, 1.807) is 0 Å². The minimum absolute atomic E-state index is 0.0275. The van der Waals surface area contributed by atoms with Gasteiger partial charge in [0, 0.05) is 38.5 Å². The molecule has 1 aliphatic rings. The monoisotopic (exact) mass is 420 g/mol. The number of methoxy groups -OCH3 is 1. The van der Waals surface area contributed by atoms with Crippen LogP contribution in [0.2, 0.25) is 0 Å². The summed E-state index contributed by atoms with van der Waals surface area (Å²) in [4.78, 5) is 16.8. The van der Waals surface area contributed by atoms with Gasteiger partial charge in [-0.05, 0) is 55.2 Å². The lowest BCUT2D eigenvalue weighted by atomic mass is 10.0. The molecule has 1 fully saturated rings. The third kappa shape index (κ3) is 5.61. The predicted octanol–water partition coefficient (Wildman–Crippen LogP) is 4.66. The topological polar surface area (TPSA) is 32.8 Å². The zero-order chi connectivity index (χ0) is 21.7. The van der Waals surface area contributed by atoms with Gasteiger partial charge in [0.25, 0.3) is 5.91 Å². The van der Waals surface area contributed by atoms with E-state index in [4.69, 9.17) is 4.74 Å². The molecule has 2 aromatic carbocycles. The van der Waals surface area contributed by atoms with Crippen molar-refractivity contribution in [2.45, 2.75) is 38.5 Å². The highest BCUT2D eigenvalue weighted by atomic mass is 19.4. The van der Waals surface area contributed by atoms with E-state index in [1.165, 1.54) is 19.2 Å². The summed E-state index contributed by atoms with van der Waals surface area (Å²) in [6.45, 7) is 4.17. The molecule has 0 unspecified atom stereocenters. The largest absolute Gasteiger partial charge is 0.416 e. The zero-order valence-electron chi connectivity index (χ0n) is 17.3. The van der Waals surface area contributed by atoms with Crippen molar-refractivity contribution in [1.29, 1.82) is 0 Å². The summed E-state index contributed by atoms with van der Waals surface area (Å²) in [6.07, 6.45) is -2.72. The highest BCUT2D eigenvalue weighted by molar-refractivity contribution is 5.95. The first-order valence-electron chi connectivity index (χ1n) is 10.0. The summed E-state index contributed by atoms with van der Waals surface area (Å²) >= 11 is 0. The Kier molecular flexibility index (Phi) is 7.15. The number of benzene rings is 2. The molecule has 3 rings (SSSR count). The first-order valence-corrected chi connectivity index (χ1v) is 10.0. The number of nitrogens with zero attached hydrogens (tertiary/aromatic N) is 2. The normalized spacial score (nSPS) is 15.9. The number of amides is 1. The van der Waals surface area contributed by atoms with Gasteiger partial charge in [-0.25, -0.2) is 0 Å². The Morgan fingerprint density at radius 2 is 1.80 bits per heavy atom.